The highest BCUT2D eigenvalue weighted by Crippen LogP contribution is 2.49. The van der Waals surface area contributed by atoms with E-state index in [4.69, 9.17) is 11.6 Å². The maximum Gasteiger partial charge on any atom is 0.224 e. The van der Waals surface area contributed by atoms with Crippen molar-refractivity contribution >= 4 is 17.5 Å². The smallest absolute Gasteiger partial charge is 0.224 e. The number of nitrogens with one attached hydrogen (secondary N) is 1. The number of benzene rings is 2. The number of amides is 1. The molecule has 0 spiro atoms. The first kappa shape index (κ1) is 19.4. The maximum absolute atomic E-state index is 12.6. The molecule has 0 bridgehead atoms. The molecule has 4 rings (SSSR count). The normalized spacial score (nSPS) is 24.3. The van der Waals surface area contributed by atoms with Crippen LogP contribution >= 0.6 is 11.6 Å². The van der Waals surface area contributed by atoms with Crippen molar-refractivity contribution in [3.05, 3.63) is 70.2 Å². The van der Waals surface area contributed by atoms with Gasteiger partial charge >= 0.3 is 0 Å². The number of hydrogen-bond acceptors (Lipinski definition) is 3. The number of aliphatic hydroxyl groups excluding tert-OH is 1. The Morgan fingerprint density at radius 3 is 2.68 bits per heavy atom. The third-order valence-corrected chi connectivity index (χ3v) is 6.43. The van der Waals surface area contributed by atoms with Crippen molar-refractivity contribution in [2.75, 3.05) is 13.2 Å². The van der Waals surface area contributed by atoms with E-state index in [2.05, 4.69) is 22.3 Å². The van der Waals surface area contributed by atoms with Gasteiger partial charge in [-0.15, -0.1) is 0 Å². The van der Waals surface area contributed by atoms with E-state index in [-0.39, 0.29) is 30.4 Å². The van der Waals surface area contributed by atoms with Crippen LogP contribution in [0, 0.1) is 5.92 Å². The minimum absolute atomic E-state index is 0.0180. The van der Waals surface area contributed by atoms with E-state index in [1.165, 1.54) is 5.56 Å². The lowest BCUT2D eigenvalue weighted by Gasteiger charge is -2.24. The second kappa shape index (κ2) is 8.64. The fourth-order valence-electron chi connectivity index (χ4n) is 4.33. The van der Waals surface area contributed by atoms with Crippen LogP contribution in [-0.4, -0.2) is 35.1 Å². The second-order valence-corrected chi connectivity index (χ2v) is 8.31. The Morgan fingerprint density at radius 1 is 1.14 bits per heavy atom. The molecule has 1 saturated heterocycles. The third-order valence-electron chi connectivity index (χ3n) is 6.09. The molecule has 148 valence electrons. The Kier molecular flexibility index (Phi) is 6.00. The number of carbonyl (C=O) groups excluding carboxylic acids is 1. The molecule has 1 aliphatic carbocycles. The molecule has 28 heavy (non-hydrogen) atoms. The molecule has 1 saturated carbocycles. The highest BCUT2D eigenvalue weighted by atomic mass is 35.5. The summed E-state index contributed by atoms with van der Waals surface area (Å²) >= 11 is 6.27. The quantitative estimate of drug-likeness (QED) is 0.747. The molecule has 1 aliphatic heterocycles. The lowest BCUT2D eigenvalue weighted by Crippen LogP contribution is -2.32. The molecule has 2 aromatic rings. The Morgan fingerprint density at radius 2 is 1.89 bits per heavy atom. The molecule has 3 atom stereocenters. The monoisotopic (exact) mass is 398 g/mol. The highest BCUT2D eigenvalue weighted by molar-refractivity contribution is 6.31. The van der Waals surface area contributed by atoms with Crippen molar-refractivity contribution in [1.29, 1.82) is 0 Å². The fourth-order valence-corrected chi connectivity index (χ4v) is 4.61. The van der Waals surface area contributed by atoms with Crippen molar-refractivity contribution in [1.82, 2.24) is 10.2 Å². The van der Waals surface area contributed by atoms with Gasteiger partial charge in [0, 0.05) is 30.1 Å². The zero-order valence-corrected chi connectivity index (χ0v) is 16.7. The standard InChI is InChI=1S/C23H27ClN2O2/c24-22-10-4-3-9-19(22)20-12-21(20)23(28)25-13-16-6-1-2-7-17(16)14-26-11-5-8-18(26)15-27/h1-4,6-7,9-10,18,20-21,27H,5,8,11-15H2,(H,25,28). The molecule has 2 aliphatic rings. The van der Waals surface area contributed by atoms with Gasteiger partial charge in [-0.2, -0.15) is 0 Å². The van der Waals surface area contributed by atoms with Crippen molar-refractivity contribution in [3.63, 3.8) is 0 Å². The molecule has 1 amide bonds. The summed E-state index contributed by atoms with van der Waals surface area (Å²) in [6.45, 7) is 2.60. The first-order valence-corrected chi connectivity index (χ1v) is 10.5. The lowest BCUT2D eigenvalue weighted by atomic mass is 10.1. The van der Waals surface area contributed by atoms with Crippen LogP contribution in [0.3, 0.4) is 0 Å². The summed E-state index contributed by atoms with van der Waals surface area (Å²) in [6, 6.07) is 16.3. The summed E-state index contributed by atoms with van der Waals surface area (Å²) in [7, 11) is 0. The largest absolute Gasteiger partial charge is 0.395 e. The van der Waals surface area contributed by atoms with Gasteiger partial charge in [-0.25, -0.2) is 0 Å². The number of carbonyl (C=O) groups is 1. The fraction of sp³-hybridized carbons (Fsp3) is 0.435. The summed E-state index contributed by atoms with van der Waals surface area (Å²) in [5.41, 5.74) is 3.45. The SMILES string of the molecule is O=C(NCc1ccccc1CN1CCCC1CO)C1CC1c1ccccc1Cl. The zero-order chi connectivity index (χ0) is 19.5. The average Bonchev–Trinajstić information content (AvgIpc) is 3.38. The van der Waals surface area contributed by atoms with E-state index in [1.54, 1.807) is 0 Å². The Balaban J connectivity index is 1.35. The molecule has 0 radical (unpaired) electrons. The first-order valence-electron chi connectivity index (χ1n) is 10.1. The van der Waals surface area contributed by atoms with Gasteiger partial charge in [-0.3, -0.25) is 9.69 Å². The summed E-state index contributed by atoms with van der Waals surface area (Å²) < 4.78 is 0. The van der Waals surface area contributed by atoms with Gasteiger partial charge in [0.2, 0.25) is 5.91 Å². The van der Waals surface area contributed by atoms with Crippen LogP contribution in [0.5, 0.6) is 0 Å². The third kappa shape index (κ3) is 4.24. The summed E-state index contributed by atoms with van der Waals surface area (Å²) in [6.07, 6.45) is 3.05. The van der Waals surface area contributed by atoms with E-state index >= 15 is 0 Å². The van der Waals surface area contributed by atoms with Crippen molar-refractivity contribution in [2.24, 2.45) is 5.92 Å². The minimum Gasteiger partial charge on any atom is -0.395 e. The van der Waals surface area contributed by atoms with Gasteiger partial charge in [-0.1, -0.05) is 54.1 Å². The molecular weight excluding hydrogens is 372 g/mol. The number of nitrogens with zero attached hydrogens (tertiary/aromatic N) is 1. The van der Waals surface area contributed by atoms with Crippen LogP contribution in [0.1, 0.15) is 41.9 Å². The van der Waals surface area contributed by atoms with Gasteiger partial charge in [0.15, 0.2) is 0 Å². The van der Waals surface area contributed by atoms with Gasteiger partial charge in [0.25, 0.3) is 0 Å². The number of rotatable bonds is 7. The number of halogens is 1. The van der Waals surface area contributed by atoms with Gasteiger partial charge in [0.05, 0.1) is 6.61 Å². The van der Waals surface area contributed by atoms with E-state index in [0.29, 0.717) is 6.54 Å². The average molecular weight is 399 g/mol. The molecule has 2 aromatic carbocycles. The summed E-state index contributed by atoms with van der Waals surface area (Å²) in [5, 5.41) is 13.4. The second-order valence-electron chi connectivity index (χ2n) is 7.91. The van der Waals surface area contributed by atoms with E-state index in [9.17, 15) is 9.90 Å². The van der Waals surface area contributed by atoms with Crippen molar-refractivity contribution in [3.8, 4) is 0 Å². The number of hydrogen-bond donors (Lipinski definition) is 2. The van der Waals surface area contributed by atoms with Crippen LogP contribution < -0.4 is 5.32 Å². The minimum atomic E-state index is 0.0180. The zero-order valence-electron chi connectivity index (χ0n) is 16.0. The van der Waals surface area contributed by atoms with Crippen molar-refractivity contribution < 1.29 is 9.90 Å². The van der Waals surface area contributed by atoms with Crippen LogP contribution in [0.15, 0.2) is 48.5 Å². The van der Waals surface area contributed by atoms with E-state index in [0.717, 1.165) is 48.5 Å². The van der Waals surface area contributed by atoms with E-state index < -0.39 is 0 Å². The molecule has 3 unspecified atom stereocenters. The molecule has 4 nitrogen and oxygen atoms in total. The summed E-state index contributed by atoms with van der Waals surface area (Å²) in [5.74, 6) is 0.359. The molecule has 2 fully saturated rings. The lowest BCUT2D eigenvalue weighted by molar-refractivity contribution is -0.122. The van der Waals surface area contributed by atoms with Gasteiger partial charge in [0.1, 0.15) is 0 Å². The van der Waals surface area contributed by atoms with Gasteiger partial charge in [-0.05, 0) is 54.5 Å². The van der Waals surface area contributed by atoms with Crippen molar-refractivity contribution in [2.45, 2.75) is 44.3 Å². The Hall–Kier alpha value is -1.88. The predicted molar refractivity (Wildman–Crippen MR) is 111 cm³/mol. The molecule has 2 N–H and O–H groups in total. The molecule has 5 heteroatoms. The predicted octanol–water partition coefficient (Wildman–Crippen LogP) is 3.72. The Labute approximate surface area is 171 Å². The van der Waals surface area contributed by atoms with E-state index in [1.807, 2.05) is 36.4 Å². The number of likely N-dealkylation sites (tertiary alicyclic amines) is 1. The first-order chi connectivity index (χ1) is 13.7. The number of aliphatic hydroxyl groups is 1. The van der Waals surface area contributed by atoms with Crippen LogP contribution in [0.4, 0.5) is 0 Å². The topological polar surface area (TPSA) is 52.6 Å². The molecular formula is C23H27ClN2O2. The molecule has 1 heterocycles. The highest BCUT2D eigenvalue weighted by Gasteiger charge is 2.44. The van der Waals surface area contributed by atoms with Crippen LogP contribution in [-0.2, 0) is 17.9 Å². The Bertz CT molecular complexity index is 841. The van der Waals surface area contributed by atoms with Crippen LogP contribution in [0.2, 0.25) is 5.02 Å². The van der Waals surface area contributed by atoms with Gasteiger partial charge < -0.3 is 10.4 Å². The maximum atomic E-state index is 12.6. The molecule has 0 aromatic heterocycles. The summed E-state index contributed by atoms with van der Waals surface area (Å²) in [4.78, 5) is 15.0. The van der Waals surface area contributed by atoms with Crippen LogP contribution in [0.25, 0.3) is 0 Å².